The molecular weight excluding hydrogens is 402 g/mol. The smallest absolute Gasteiger partial charge is 0.254 e. The molecule has 6 nitrogen and oxygen atoms in total. The molecular formula is C26H35N3O3. The lowest BCUT2D eigenvalue weighted by atomic mass is 10.0. The molecule has 6 heteroatoms. The lowest BCUT2D eigenvalue weighted by Crippen LogP contribution is -2.46. The summed E-state index contributed by atoms with van der Waals surface area (Å²) < 4.78 is 10.8. The number of aryl methyl sites for hydroxylation is 1. The highest BCUT2D eigenvalue weighted by Gasteiger charge is 2.23. The van der Waals surface area contributed by atoms with Crippen LogP contribution in [-0.4, -0.2) is 75.7 Å². The van der Waals surface area contributed by atoms with Crippen LogP contribution in [0.2, 0.25) is 0 Å². The van der Waals surface area contributed by atoms with Crippen molar-refractivity contribution in [3.63, 3.8) is 0 Å². The van der Waals surface area contributed by atoms with Gasteiger partial charge in [-0.3, -0.25) is 9.69 Å². The molecule has 4 rings (SSSR count). The number of piperazine rings is 1. The number of hydrogen-bond acceptors (Lipinski definition) is 5. The summed E-state index contributed by atoms with van der Waals surface area (Å²) in [6.45, 7) is 6.94. The highest BCUT2D eigenvalue weighted by Crippen LogP contribution is 2.28. The Hall–Kier alpha value is -2.73. The van der Waals surface area contributed by atoms with E-state index in [1.165, 1.54) is 5.69 Å². The second-order valence-corrected chi connectivity index (χ2v) is 8.63. The Labute approximate surface area is 191 Å². The third-order valence-electron chi connectivity index (χ3n) is 6.65. The molecule has 2 aromatic rings. The first-order valence-electron chi connectivity index (χ1n) is 11.8. The fourth-order valence-electron chi connectivity index (χ4n) is 4.80. The van der Waals surface area contributed by atoms with Gasteiger partial charge in [-0.15, -0.1) is 0 Å². The average Bonchev–Trinajstić information content (AvgIpc) is 3.00. The van der Waals surface area contributed by atoms with E-state index in [4.69, 9.17) is 9.47 Å². The molecule has 172 valence electrons. The standard InChI is InChI=1S/C26H35N3O3/c1-31-22-11-12-23-21(20-22)8-7-15-29(26(23)30)14-6-5-13-27-16-18-28(19-17-27)24-9-3-4-10-25(24)32-2/h3-4,9-12,20H,5-8,13-19H2,1-2H3. The van der Waals surface area contributed by atoms with Crippen molar-refractivity contribution in [2.24, 2.45) is 0 Å². The van der Waals surface area contributed by atoms with Gasteiger partial charge in [0.25, 0.3) is 5.91 Å². The van der Waals surface area contributed by atoms with Crippen LogP contribution >= 0.6 is 0 Å². The summed E-state index contributed by atoms with van der Waals surface area (Å²) in [6, 6.07) is 14.1. The molecule has 0 radical (unpaired) electrons. The van der Waals surface area contributed by atoms with E-state index in [2.05, 4.69) is 21.9 Å². The molecule has 0 atom stereocenters. The summed E-state index contributed by atoms with van der Waals surface area (Å²) in [5.74, 6) is 1.95. The number of amides is 1. The van der Waals surface area contributed by atoms with Gasteiger partial charge in [-0.25, -0.2) is 0 Å². The number of rotatable bonds is 8. The molecule has 0 saturated carbocycles. The third kappa shape index (κ3) is 5.18. The van der Waals surface area contributed by atoms with Gasteiger partial charge in [-0.2, -0.15) is 0 Å². The lowest BCUT2D eigenvalue weighted by molar-refractivity contribution is 0.0756. The van der Waals surface area contributed by atoms with E-state index in [-0.39, 0.29) is 5.91 Å². The van der Waals surface area contributed by atoms with E-state index < -0.39 is 0 Å². The fourth-order valence-corrected chi connectivity index (χ4v) is 4.80. The Kier molecular flexibility index (Phi) is 7.53. The number of fused-ring (bicyclic) bond motifs is 1. The molecule has 0 N–H and O–H groups in total. The van der Waals surface area contributed by atoms with Crippen molar-refractivity contribution >= 4 is 11.6 Å². The van der Waals surface area contributed by atoms with E-state index in [0.717, 1.165) is 94.1 Å². The third-order valence-corrected chi connectivity index (χ3v) is 6.65. The molecule has 0 bridgehead atoms. The van der Waals surface area contributed by atoms with Gasteiger partial charge in [-0.05, 0) is 68.1 Å². The maximum absolute atomic E-state index is 13.0. The number of methoxy groups -OCH3 is 2. The average molecular weight is 438 g/mol. The van der Waals surface area contributed by atoms with E-state index in [1.54, 1.807) is 14.2 Å². The number of ether oxygens (including phenoxy) is 2. The quantitative estimate of drug-likeness (QED) is 0.590. The minimum atomic E-state index is 0.172. The molecule has 1 saturated heterocycles. The largest absolute Gasteiger partial charge is 0.497 e. The molecule has 0 aliphatic carbocycles. The van der Waals surface area contributed by atoms with E-state index in [0.29, 0.717) is 0 Å². The number of nitrogens with zero attached hydrogens (tertiary/aromatic N) is 3. The summed E-state index contributed by atoms with van der Waals surface area (Å²) in [5, 5.41) is 0. The van der Waals surface area contributed by atoms with Crippen LogP contribution in [0.3, 0.4) is 0 Å². The summed E-state index contributed by atoms with van der Waals surface area (Å²) in [6.07, 6.45) is 4.11. The Morgan fingerprint density at radius 2 is 1.66 bits per heavy atom. The Morgan fingerprint density at radius 3 is 2.44 bits per heavy atom. The molecule has 0 aromatic heterocycles. The second kappa shape index (κ2) is 10.7. The van der Waals surface area contributed by atoms with Gasteiger partial charge in [0.15, 0.2) is 0 Å². The first-order chi connectivity index (χ1) is 15.7. The van der Waals surface area contributed by atoms with E-state index in [1.807, 2.05) is 35.2 Å². The van der Waals surface area contributed by atoms with Crippen molar-refractivity contribution in [3.8, 4) is 11.5 Å². The molecule has 0 unspecified atom stereocenters. The van der Waals surface area contributed by atoms with Gasteiger partial charge in [0.2, 0.25) is 0 Å². The van der Waals surface area contributed by atoms with Gasteiger partial charge in [0, 0.05) is 44.8 Å². The van der Waals surface area contributed by atoms with Crippen molar-refractivity contribution in [3.05, 3.63) is 53.6 Å². The zero-order valence-electron chi connectivity index (χ0n) is 19.4. The second-order valence-electron chi connectivity index (χ2n) is 8.63. The minimum absolute atomic E-state index is 0.172. The number of carbonyl (C=O) groups excluding carboxylic acids is 1. The van der Waals surface area contributed by atoms with Gasteiger partial charge in [-0.1, -0.05) is 12.1 Å². The zero-order chi connectivity index (χ0) is 22.3. The Bertz CT molecular complexity index is 909. The van der Waals surface area contributed by atoms with Crippen LogP contribution in [0.15, 0.2) is 42.5 Å². The molecule has 2 aromatic carbocycles. The first-order valence-corrected chi connectivity index (χ1v) is 11.8. The predicted molar refractivity (Wildman–Crippen MR) is 128 cm³/mol. The number of carbonyl (C=O) groups is 1. The summed E-state index contributed by atoms with van der Waals surface area (Å²) in [5.41, 5.74) is 3.15. The van der Waals surface area contributed by atoms with Crippen LogP contribution in [0.5, 0.6) is 11.5 Å². The summed E-state index contributed by atoms with van der Waals surface area (Å²) in [4.78, 5) is 20.0. The number of unbranched alkanes of at least 4 members (excludes halogenated alkanes) is 1. The van der Waals surface area contributed by atoms with Crippen LogP contribution in [-0.2, 0) is 6.42 Å². The minimum Gasteiger partial charge on any atom is -0.497 e. The molecule has 2 aliphatic rings. The number of hydrogen-bond donors (Lipinski definition) is 0. The molecule has 32 heavy (non-hydrogen) atoms. The lowest BCUT2D eigenvalue weighted by Gasteiger charge is -2.36. The summed E-state index contributed by atoms with van der Waals surface area (Å²) >= 11 is 0. The SMILES string of the molecule is COc1ccc2c(c1)CCCN(CCCCN1CCN(c3ccccc3OC)CC1)C2=O. The van der Waals surface area contributed by atoms with Crippen molar-refractivity contribution in [2.75, 3.05) is 64.9 Å². The zero-order valence-corrected chi connectivity index (χ0v) is 19.4. The van der Waals surface area contributed by atoms with Crippen LogP contribution in [0, 0.1) is 0 Å². The van der Waals surface area contributed by atoms with Gasteiger partial charge in [0.05, 0.1) is 19.9 Å². The molecule has 1 amide bonds. The predicted octanol–water partition coefficient (Wildman–Crippen LogP) is 3.69. The Balaban J connectivity index is 1.21. The maximum atomic E-state index is 13.0. The Morgan fingerprint density at radius 1 is 0.875 bits per heavy atom. The van der Waals surface area contributed by atoms with Gasteiger partial charge < -0.3 is 19.3 Å². The van der Waals surface area contributed by atoms with Crippen molar-refractivity contribution in [1.82, 2.24) is 9.80 Å². The first kappa shape index (κ1) is 22.5. The highest BCUT2D eigenvalue weighted by molar-refractivity contribution is 5.96. The molecule has 1 fully saturated rings. The molecule has 2 aliphatic heterocycles. The highest BCUT2D eigenvalue weighted by atomic mass is 16.5. The van der Waals surface area contributed by atoms with Gasteiger partial charge >= 0.3 is 0 Å². The number of anilines is 1. The van der Waals surface area contributed by atoms with E-state index in [9.17, 15) is 4.79 Å². The maximum Gasteiger partial charge on any atom is 0.254 e. The normalized spacial score (nSPS) is 17.1. The van der Waals surface area contributed by atoms with Crippen LogP contribution in [0.25, 0.3) is 0 Å². The monoisotopic (exact) mass is 437 g/mol. The van der Waals surface area contributed by atoms with Crippen LogP contribution in [0.4, 0.5) is 5.69 Å². The summed E-state index contributed by atoms with van der Waals surface area (Å²) in [7, 11) is 3.41. The van der Waals surface area contributed by atoms with Crippen molar-refractivity contribution < 1.29 is 14.3 Å². The topological polar surface area (TPSA) is 45.2 Å². The number of para-hydroxylation sites is 2. The molecule has 2 heterocycles. The van der Waals surface area contributed by atoms with Crippen molar-refractivity contribution in [2.45, 2.75) is 25.7 Å². The number of benzene rings is 2. The van der Waals surface area contributed by atoms with Crippen molar-refractivity contribution in [1.29, 1.82) is 0 Å². The van der Waals surface area contributed by atoms with Crippen LogP contribution < -0.4 is 14.4 Å². The van der Waals surface area contributed by atoms with Crippen LogP contribution in [0.1, 0.15) is 35.2 Å². The fraction of sp³-hybridized carbons (Fsp3) is 0.500. The molecule has 0 spiro atoms. The van der Waals surface area contributed by atoms with Gasteiger partial charge in [0.1, 0.15) is 11.5 Å². The van der Waals surface area contributed by atoms with E-state index >= 15 is 0 Å².